The van der Waals surface area contributed by atoms with Gasteiger partial charge >= 0.3 is 5.97 Å². The minimum Gasteiger partial charge on any atom is -0.481 e. The number of aryl methyl sites for hydroxylation is 1. The van der Waals surface area contributed by atoms with Gasteiger partial charge in [0.05, 0.1) is 11.1 Å². The van der Waals surface area contributed by atoms with Gasteiger partial charge in [0, 0.05) is 30.9 Å². The Balaban J connectivity index is 1.83. The van der Waals surface area contributed by atoms with Crippen molar-refractivity contribution in [3.05, 3.63) is 51.6 Å². The molecule has 1 aromatic heterocycles. The third-order valence-corrected chi connectivity index (χ3v) is 5.72. The van der Waals surface area contributed by atoms with Crippen LogP contribution >= 0.6 is 0 Å². The molecule has 2 aromatic rings. The third-order valence-electron chi connectivity index (χ3n) is 5.72. The van der Waals surface area contributed by atoms with Gasteiger partial charge in [-0.2, -0.15) is 0 Å². The number of carbonyl (C=O) groups excluding carboxylic acids is 1. The lowest BCUT2D eigenvalue weighted by molar-refractivity contribution is -0.137. The summed E-state index contributed by atoms with van der Waals surface area (Å²) in [6, 6.07) is 1.11. The Morgan fingerprint density at radius 1 is 1.30 bits per heavy atom. The molecule has 1 fully saturated rings. The van der Waals surface area contributed by atoms with Gasteiger partial charge < -0.3 is 9.67 Å². The van der Waals surface area contributed by atoms with E-state index in [0.717, 1.165) is 23.8 Å². The van der Waals surface area contributed by atoms with E-state index >= 15 is 8.78 Å². The van der Waals surface area contributed by atoms with Gasteiger partial charge in [-0.15, -0.1) is 0 Å². The lowest BCUT2D eigenvalue weighted by atomic mass is 9.84. The molecule has 4 rings (SSSR count). The summed E-state index contributed by atoms with van der Waals surface area (Å²) < 4.78 is 31.7. The Morgan fingerprint density at radius 3 is 2.63 bits per heavy atom. The first kappa shape index (κ1) is 20.2. The summed E-state index contributed by atoms with van der Waals surface area (Å²) in [5, 5.41) is 8.78. The maximum atomic E-state index is 15.3. The number of halogens is 2. The van der Waals surface area contributed by atoms with Gasteiger partial charge in [-0.25, -0.2) is 13.8 Å². The molecule has 9 heteroatoms. The standard InChI is InChI=1S/C21H21F2N3O4/c1-21(2)15-16(23)12(11-5-6-11)10-13(22)17(15)26(20(21)30)18-19(29)25(9-7-24-18)8-3-4-14(27)28/h7,9-11H,3-6,8H2,1-2H3,(H,27,28). The lowest BCUT2D eigenvalue weighted by Crippen LogP contribution is -2.38. The van der Waals surface area contributed by atoms with Crippen LogP contribution in [-0.4, -0.2) is 26.5 Å². The van der Waals surface area contributed by atoms with Crippen LogP contribution in [-0.2, 0) is 21.5 Å². The van der Waals surface area contributed by atoms with Crippen LogP contribution < -0.4 is 10.5 Å². The van der Waals surface area contributed by atoms with Crippen molar-refractivity contribution < 1.29 is 23.5 Å². The topological polar surface area (TPSA) is 92.5 Å². The zero-order valence-electron chi connectivity index (χ0n) is 16.6. The Kier molecular flexibility index (Phi) is 4.71. The van der Waals surface area contributed by atoms with Crippen molar-refractivity contribution in [2.45, 2.75) is 57.4 Å². The van der Waals surface area contributed by atoms with Crippen molar-refractivity contribution in [3.8, 4) is 0 Å². The SMILES string of the molecule is CC1(C)C(=O)N(c2nccn(CCCC(=O)O)c2=O)c2c(F)cc(C3CC3)c(F)c21. The van der Waals surface area contributed by atoms with E-state index < -0.39 is 34.5 Å². The molecule has 30 heavy (non-hydrogen) atoms. The summed E-state index contributed by atoms with van der Waals surface area (Å²) in [6.07, 6.45) is 4.26. The Hall–Kier alpha value is -3.10. The van der Waals surface area contributed by atoms with E-state index in [2.05, 4.69) is 4.98 Å². The number of hydrogen-bond donors (Lipinski definition) is 1. The van der Waals surface area contributed by atoms with Crippen LogP contribution in [0.5, 0.6) is 0 Å². The van der Waals surface area contributed by atoms with Crippen molar-refractivity contribution in [2.75, 3.05) is 4.90 Å². The number of benzene rings is 1. The summed E-state index contributed by atoms with van der Waals surface area (Å²) in [7, 11) is 0. The molecule has 7 nitrogen and oxygen atoms in total. The zero-order chi connectivity index (χ0) is 21.8. The fourth-order valence-corrected chi connectivity index (χ4v) is 3.97. The van der Waals surface area contributed by atoms with Crippen molar-refractivity contribution >= 4 is 23.4 Å². The molecule has 1 amide bonds. The number of nitrogens with zero attached hydrogens (tertiary/aromatic N) is 3. The molecule has 0 bridgehead atoms. The smallest absolute Gasteiger partial charge is 0.303 e. The number of aromatic nitrogens is 2. The van der Waals surface area contributed by atoms with Crippen LogP contribution in [0.2, 0.25) is 0 Å². The molecule has 0 atom stereocenters. The zero-order valence-corrected chi connectivity index (χ0v) is 16.6. The highest BCUT2D eigenvalue weighted by atomic mass is 19.1. The molecule has 0 radical (unpaired) electrons. The van der Waals surface area contributed by atoms with Gasteiger partial charge in [-0.1, -0.05) is 0 Å². The predicted molar refractivity (Wildman–Crippen MR) is 104 cm³/mol. The summed E-state index contributed by atoms with van der Waals surface area (Å²) >= 11 is 0. The Bertz CT molecular complexity index is 1120. The minimum atomic E-state index is -1.37. The summed E-state index contributed by atoms with van der Waals surface area (Å²) in [5.74, 6) is -3.39. The molecule has 1 aliphatic heterocycles. The highest BCUT2D eigenvalue weighted by molar-refractivity contribution is 6.12. The second-order valence-corrected chi connectivity index (χ2v) is 8.27. The molecular formula is C21H21F2N3O4. The van der Waals surface area contributed by atoms with E-state index in [1.165, 1.54) is 30.8 Å². The number of aliphatic carboxylic acids is 1. The Morgan fingerprint density at radius 2 is 2.00 bits per heavy atom. The van der Waals surface area contributed by atoms with Crippen LogP contribution in [0, 0.1) is 11.6 Å². The number of carboxylic acid groups (broad SMARTS) is 1. The average Bonchev–Trinajstić information content (AvgIpc) is 3.48. The lowest BCUT2D eigenvalue weighted by Gasteiger charge is -2.19. The van der Waals surface area contributed by atoms with E-state index in [4.69, 9.17) is 5.11 Å². The fourth-order valence-electron chi connectivity index (χ4n) is 3.97. The summed E-state index contributed by atoms with van der Waals surface area (Å²) in [4.78, 5) is 41.7. The number of anilines is 2. The van der Waals surface area contributed by atoms with Gasteiger partial charge in [0.25, 0.3) is 5.56 Å². The monoisotopic (exact) mass is 417 g/mol. The quantitative estimate of drug-likeness (QED) is 0.779. The van der Waals surface area contributed by atoms with Crippen LogP contribution in [0.15, 0.2) is 23.3 Å². The maximum Gasteiger partial charge on any atom is 0.303 e. The fraction of sp³-hybridized carbons (Fsp3) is 0.429. The molecule has 1 aromatic carbocycles. The summed E-state index contributed by atoms with van der Waals surface area (Å²) in [5.41, 5.74) is -2.12. The highest BCUT2D eigenvalue weighted by Crippen LogP contribution is 2.51. The van der Waals surface area contributed by atoms with E-state index in [-0.39, 0.29) is 47.9 Å². The van der Waals surface area contributed by atoms with Crippen molar-refractivity contribution in [1.29, 1.82) is 0 Å². The first-order valence-corrected chi connectivity index (χ1v) is 9.78. The number of hydrogen-bond acceptors (Lipinski definition) is 4. The Labute approximate surface area is 171 Å². The second-order valence-electron chi connectivity index (χ2n) is 8.27. The van der Waals surface area contributed by atoms with Crippen molar-refractivity contribution in [3.63, 3.8) is 0 Å². The van der Waals surface area contributed by atoms with Crippen LogP contribution in [0.1, 0.15) is 56.6 Å². The highest BCUT2D eigenvalue weighted by Gasteiger charge is 2.51. The van der Waals surface area contributed by atoms with Gasteiger partial charge in [0.2, 0.25) is 11.7 Å². The number of carboxylic acids is 1. The molecule has 0 unspecified atom stereocenters. The van der Waals surface area contributed by atoms with E-state index in [0.29, 0.717) is 0 Å². The van der Waals surface area contributed by atoms with Crippen LogP contribution in [0.25, 0.3) is 0 Å². The number of carbonyl (C=O) groups is 2. The van der Waals surface area contributed by atoms with Crippen LogP contribution in [0.4, 0.5) is 20.3 Å². The van der Waals surface area contributed by atoms with Gasteiger partial charge in [-0.05, 0) is 50.7 Å². The molecule has 2 aliphatic rings. The maximum absolute atomic E-state index is 15.3. The molecule has 2 heterocycles. The molecule has 0 spiro atoms. The van der Waals surface area contributed by atoms with Crippen molar-refractivity contribution in [2.24, 2.45) is 0 Å². The molecule has 1 N–H and O–H groups in total. The van der Waals surface area contributed by atoms with E-state index in [1.54, 1.807) is 0 Å². The second kappa shape index (κ2) is 7.00. The molecule has 1 saturated carbocycles. The number of fused-ring (bicyclic) bond motifs is 1. The third kappa shape index (κ3) is 3.09. The first-order valence-electron chi connectivity index (χ1n) is 9.78. The predicted octanol–water partition coefficient (Wildman–Crippen LogP) is 3.22. The normalized spacial score (nSPS) is 17.3. The summed E-state index contributed by atoms with van der Waals surface area (Å²) in [6.45, 7) is 3.10. The largest absolute Gasteiger partial charge is 0.481 e. The molecule has 0 saturated heterocycles. The van der Waals surface area contributed by atoms with E-state index in [1.807, 2.05) is 0 Å². The van der Waals surface area contributed by atoms with Crippen LogP contribution in [0.3, 0.4) is 0 Å². The van der Waals surface area contributed by atoms with E-state index in [9.17, 15) is 14.4 Å². The average molecular weight is 417 g/mol. The van der Waals surface area contributed by atoms with Gasteiger partial charge in [0.15, 0.2) is 0 Å². The minimum absolute atomic E-state index is 0.0499. The van der Waals surface area contributed by atoms with Crippen molar-refractivity contribution in [1.82, 2.24) is 9.55 Å². The molecule has 1 aliphatic carbocycles. The van der Waals surface area contributed by atoms with Gasteiger partial charge in [0.1, 0.15) is 11.6 Å². The number of amides is 1. The first-order chi connectivity index (χ1) is 14.1. The van der Waals surface area contributed by atoms with Gasteiger partial charge in [-0.3, -0.25) is 19.3 Å². The molecule has 158 valence electrons. The number of rotatable bonds is 6. The molecular weight excluding hydrogens is 396 g/mol.